The Labute approximate surface area is 249 Å². The Hall–Kier alpha value is -2.48. The summed E-state index contributed by atoms with van der Waals surface area (Å²) in [7, 11) is 0. The normalized spacial score (nSPS) is 21.3. The number of thioether (sulfide) groups is 1. The summed E-state index contributed by atoms with van der Waals surface area (Å²) >= 11 is 2.41. The highest BCUT2D eigenvalue weighted by molar-refractivity contribution is 8.13. The summed E-state index contributed by atoms with van der Waals surface area (Å²) in [4.78, 5) is 68.0. The monoisotopic (exact) mass is 617 g/mol. The molecule has 2 bridgehead atoms. The van der Waals surface area contributed by atoms with Crippen molar-refractivity contribution in [3.63, 3.8) is 0 Å². The van der Waals surface area contributed by atoms with Crippen molar-refractivity contribution in [1.82, 2.24) is 20.9 Å². The van der Waals surface area contributed by atoms with E-state index >= 15 is 0 Å². The summed E-state index contributed by atoms with van der Waals surface area (Å²) < 4.78 is 5.67. The van der Waals surface area contributed by atoms with Gasteiger partial charge in [-0.05, 0) is 32.3 Å². The van der Waals surface area contributed by atoms with Crippen LogP contribution in [0, 0.1) is 11.8 Å². The Balaban J connectivity index is 0.00000800. The summed E-state index contributed by atoms with van der Waals surface area (Å²) in [5, 5.41) is 10.2. The summed E-state index contributed by atoms with van der Waals surface area (Å²) in [5.41, 5.74) is 2.70. The molecule has 3 atom stereocenters. The molecule has 1 aliphatic rings. The molecular formula is C26H40ClN5O6S2. The predicted molar refractivity (Wildman–Crippen MR) is 150 cm³/mol. The molecule has 0 radical (unpaired) electrons. The molecule has 1 aromatic heterocycles. The van der Waals surface area contributed by atoms with E-state index < -0.39 is 35.5 Å². The molecule has 6 N–H and O–H groups in total. The summed E-state index contributed by atoms with van der Waals surface area (Å²) in [6.07, 6.45) is 2.88. The van der Waals surface area contributed by atoms with Gasteiger partial charge in [-0.2, -0.15) is 0 Å². The van der Waals surface area contributed by atoms with Crippen LogP contribution >= 0.6 is 23.1 Å². The molecule has 11 nitrogen and oxygen atoms in total. The predicted octanol–water partition coefficient (Wildman–Crippen LogP) is -1.80. The second-order valence-electron chi connectivity index (χ2n) is 10.6. The maximum atomic E-state index is 13.1. The molecule has 224 valence electrons. The van der Waals surface area contributed by atoms with Crippen molar-refractivity contribution in [2.75, 3.05) is 5.75 Å². The smallest absolute Gasteiger partial charge is 0.329 e. The number of rotatable bonds is 7. The summed E-state index contributed by atoms with van der Waals surface area (Å²) in [5.74, 6) is -1.82. The average molecular weight is 618 g/mol. The standard InChI is InChI=1S/C26H39N5O6S2.ClH/c1-14(2)20(27)24(35)38-10-8-7-9-16-11-18(32)28-12-19-29-17(13-39-19)22(33)31-26(5,6)25(36)30-21(15(3)4)23(34)37-16;/h7,9,13-16,20-21H,8,10-12,27H2,1-6H3,(H,28,32)(H,30,36)(H,31,33);1H/b9-7+;/t16-,20+,21+;/m1./s1. The fourth-order valence-electron chi connectivity index (χ4n) is 3.38. The molecule has 0 saturated carbocycles. The van der Waals surface area contributed by atoms with Crippen LogP contribution in [0.2, 0.25) is 0 Å². The van der Waals surface area contributed by atoms with Crippen LogP contribution in [0.25, 0.3) is 0 Å². The van der Waals surface area contributed by atoms with E-state index in [1.54, 1.807) is 31.4 Å². The van der Waals surface area contributed by atoms with Crippen molar-refractivity contribution >= 4 is 51.9 Å². The Bertz CT molecular complexity index is 1090. The van der Waals surface area contributed by atoms with Crippen LogP contribution in [-0.4, -0.2) is 63.3 Å². The van der Waals surface area contributed by atoms with Crippen molar-refractivity contribution in [3.05, 3.63) is 28.2 Å². The number of hydrogen-bond acceptors (Lipinski definition) is 9. The third-order valence-electron chi connectivity index (χ3n) is 6.06. The highest BCUT2D eigenvalue weighted by Crippen LogP contribution is 2.16. The zero-order chi connectivity index (χ0) is 29.3. The van der Waals surface area contributed by atoms with Gasteiger partial charge in [-0.25, -0.2) is 9.78 Å². The minimum absolute atomic E-state index is 0. The van der Waals surface area contributed by atoms with E-state index in [0.29, 0.717) is 17.2 Å². The number of aromatic nitrogens is 1. The van der Waals surface area contributed by atoms with Gasteiger partial charge in [0.05, 0.1) is 13.0 Å². The van der Waals surface area contributed by atoms with Crippen LogP contribution in [-0.2, 0) is 30.5 Å². The van der Waals surface area contributed by atoms with Crippen molar-refractivity contribution in [2.24, 2.45) is 11.8 Å². The van der Waals surface area contributed by atoms with Gasteiger partial charge in [0.15, 0.2) is 6.04 Å². The van der Waals surface area contributed by atoms with Gasteiger partial charge in [-0.1, -0.05) is 45.5 Å². The first kappa shape index (κ1) is 35.5. The number of fused-ring (bicyclic) bond motifs is 2. The highest BCUT2D eigenvalue weighted by Gasteiger charge is 2.36. The first-order valence-electron chi connectivity index (χ1n) is 12.9. The van der Waals surface area contributed by atoms with Gasteiger partial charge in [0.2, 0.25) is 16.9 Å². The molecule has 2 heterocycles. The molecule has 14 heteroatoms. The number of hydrogen-bond donors (Lipinski definition) is 4. The quantitative estimate of drug-likeness (QED) is 0.158. The minimum Gasteiger partial charge on any atom is -1.00 e. The molecule has 0 aliphatic carbocycles. The maximum Gasteiger partial charge on any atom is 0.329 e. The number of nitrogens with one attached hydrogen (secondary N) is 3. The van der Waals surface area contributed by atoms with E-state index in [1.165, 1.54) is 36.9 Å². The zero-order valence-corrected chi connectivity index (χ0v) is 26.1. The zero-order valence-electron chi connectivity index (χ0n) is 23.7. The molecular weight excluding hydrogens is 578 g/mol. The molecule has 1 aliphatic heterocycles. The molecule has 0 unspecified atom stereocenters. The number of allylic oxidation sites excluding steroid dienone is 1. The summed E-state index contributed by atoms with van der Waals surface area (Å²) in [6.45, 7) is 10.6. The van der Waals surface area contributed by atoms with Crippen molar-refractivity contribution in [2.45, 2.75) is 84.7 Å². The fraction of sp³-hybridized carbons (Fsp3) is 0.615. The molecule has 2 rings (SSSR count). The minimum atomic E-state index is -1.34. The number of carbonyl (C=O) groups excluding carboxylic acids is 5. The molecule has 3 amide bonds. The lowest BCUT2D eigenvalue weighted by Gasteiger charge is -2.29. The lowest BCUT2D eigenvalue weighted by atomic mass is 9.99. The SMILES string of the molecule is CC(C)[C@H]([NH3+])C(=O)SCC/C=C/[C@@H]1CC(=O)NCc2nc(cs2)C(=O)NC(C)(C)C(=O)N[C@@H](C(C)C)C(=O)O1.[Cl-]. The number of carbonyl (C=O) groups is 5. The highest BCUT2D eigenvalue weighted by atomic mass is 35.5. The van der Waals surface area contributed by atoms with Crippen molar-refractivity contribution < 1.29 is 46.9 Å². The van der Waals surface area contributed by atoms with Crippen LogP contribution in [0.15, 0.2) is 17.5 Å². The Morgan fingerprint density at radius 2 is 1.93 bits per heavy atom. The molecule has 0 aromatic carbocycles. The average Bonchev–Trinajstić information content (AvgIpc) is 3.33. The number of ether oxygens (including phenoxy) is 1. The van der Waals surface area contributed by atoms with Gasteiger partial charge in [0.1, 0.15) is 28.4 Å². The first-order chi connectivity index (χ1) is 18.2. The van der Waals surface area contributed by atoms with Crippen LogP contribution in [0.3, 0.4) is 0 Å². The first-order valence-corrected chi connectivity index (χ1v) is 14.8. The van der Waals surface area contributed by atoms with Crippen LogP contribution in [0.1, 0.15) is 69.9 Å². The molecule has 40 heavy (non-hydrogen) atoms. The Morgan fingerprint density at radius 1 is 1.25 bits per heavy atom. The number of halogens is 1. The fourth-order valence-corrected chi connectivity index (χ4v) is 5.03. The van der Waals surface area contributed by atoms with E-state index in [0.717, 1.165) is 0 Å². The largest absolute Gasteiger partial charge is 1.00 e. The van der Waals surface area contributed by atoms with Gasteiger partial charge in [-0.15, -0.1) is 11.3 Å². The van der Waals surface area contributed by atoms with Gasteiger partial charge in [-0.3, -0.25) is 19.2 Å². The van der Waals surface area contributed by atoms with Gasteiger partial charge >= 0.3 is 5.97 Å². The van der Waals surface area contributed by atoms with Crippen LogP contribution in [0.4, 0.5) is 0 Å². The van der Waals surface area contributed by atoms with Crippen LogP contribution in [0.5, 0.6) is 0 Å². The number of quaternary nitrogens is 1. The molecule has 0 spiro atoms. The van der Waals surface area contributed by atoms with Crippen LogP contribution < -0.4 is 34.1 Å². The third-order valence-corrected chi connectivity index (χ3v) is 7.94. The van der Waals surface area contributed by atoms with Gasteiger partial charge < -0.3 is 38.8 Å². The van der Waals surface area contributed by atoms with E-state index in [4.69, 9.17) is 4.74 Å². The number of thiazole rings is 1. The van der Waals surface area contributed by atoms with E-state index in [-0.39, 0.29) is 60.0 Å². The summed E-state index contributed by atoms with van der Waals surface area (Å²) in [6, 6.07) is -1.29. The third kappa shape index (κ3) is 10.8. The van der Waals surface area contributed by atoms with Gasteiger partial charge in [0.25, 0.3) is 5.91 Å². The number of amides is 3. The second kappa shape index (κ2) is 16.1. The van der Waals surface area contributed by atoms with Crippen molar-refractivity contribution in [1.29, 1.82) is 0 Å². The number of esters is 1. The molecule has 1 aromatic rings. The van der Waals surface area contributed by atoms with Gasteiger partial charge in [0, 0.05) is 17.1 Å². The van der Waals surface area contributed by atoms with E-state index in [9.17, 15) is 24.0 Å². The Kier molecular flexibility index (Phi) is 14.3. The number of nitrogens with zero attached hydrogens (tertiary/aromatic N) is 1. The second-order valence-corrected chi connectivity index (χ2v) is 12.6. The maximum absolute atomic E-state index is 13.1. The molecule has 0 fully saturated rings. The van der Waals surface area contributed by atoms with Crippen molar-refractivity contribution in [3.8, 4) is 0 Å². The van der Waals surface area contributed by atoms with E-state index in [1.807, 2.05) is 13.8 Å². The lowest BCUT2D eigenvalue weighted by molar-refractivity contribution is -0.411. The molecule has 0 saturated heterocycles. The lowest BCUT2D eigenvalue weighted by Crippen LogP contribution is -3.00. The topological polar surface area (TPSA) is 171 Å². The van der Waals surface area contributed by atoms with E-state index in [2.05, 4.69) is 26.7 Å². The Morgan fingerprint density at radius 3 is 2.55 bits per heavy atom. The number of cyclic esters (lactones) is 1.